The molecule has 0 aromatic carbocycles. The first-order chi connectivity index (χ1) is 9.13. The minimum Gasteiger partial charge on any atom is -0.295 e. The van der Waals surface area contributed by atoms with E-state index in [1.54, 1.807) is 6.20 Å². The monoisotopic (exact) mass is 262 g/mol. The number of nitrogens with zero attached hydrogens (tertiary/aromatic N) is 2. The maximum Gasteiger partial charge on any atom is 0.0569 e. The molecule has 19 heavy (non-hydrogen) atoms. The van der Waals surface area contributed by atoms with Crippen molar-refractivity contribution < 1.29 is 0 Å². The van der Waals surface area contributed by atoms with Crippen molar-refractivity contribution in [2.24, 2.45) is 10.9 Å². The Bertz CT molecular complexity index is 322. The fourth-order valence-corrected chi connectivity index (χ4v) is 3.05. The first kappa shape index (κ1) is 16.2. The van der Waals surface area contributed by atoms with Crippen LogP contribution < -0.4 is 0 Å². The van der Waals surface area contributed by atoms with Crippen LogP contribution in [0, 0.1) is 5.92 Å². The van der Waals surface area contributed by atoms with Gasteiger partial charge in [0.15, 0.2) is 0 Å². The summed E-state index contributed by atoms with van der Waals surface area (Å²) in [5.41, 5.74) is 1.11. The van der Waals surface area contributed by atoms with Gasteiger partial charge < -0.3 is 0 Å². The molecule has 0 bridgehead atoms. The van der Waals surface area contributed by atoms with Crippen LogP contribution in [-0.2, 0) is 0 Å². The minimum atomic E-state index is 0.359. The third kappa shape index (κ3) is 4.61. The first-order valence-electron chi connectivity index (χ1n) is 7.67. The van der Waals surface area contributed by atoms with E-state index in [4.69, 9.17) is 0 Å². The van der Waals surface area contributed by atoms with E-state index < -0.39 is 0 Å². The Morgan fingerprint density at radius 3 is 2.47 bits per heavy atom. The van der Waals surface area contributed by atoms with Crippen molar-refractivity contribution in [1.82, 2.24) is 4.90 Å². The van der Waals surface area contributed by atoms with Crippen LogP contribution >= 0.6 is 0 Å². The lowest BCUT2D eigenvalue weighted by Crippen LogP contribution is -2.44. The SMILES string of the molecule is C=CN=C(/C=C\C)C(C)N(C)C1CCC(CC)CC1. The van der Waals surface area contributed by atoms with Gasteiger partial charge in [-0.25, -0.2) is 0 Å². The van der Waals surface area contributed by atoms with Crippen molar-refractivity contribution in [2.75, 3.05) is 7.05 Å². The maximum absolute atomic E-state index is 4.41. The highest BCUT2D eigenvalue weighted by Gasteiger charge is 2.26. The van der Waals surface area contributed by atoms with E-state index in [-0.39, 0.29) is 0 Å². The lowest BCUT2D eigenvalue weighted by Gasteiger charge is -2.37. The second-order valence-corrected chi connectivity index (χ2v) is 5.66. The molecule has 1 aliphatic rings. The zero-order valence-electron chi connectivity index (χ0n) is 13.1. The molecule has 0 aromatic rings. The highest BCUT2D eigenvalue weighted by molar-refractivity contribution is 5.99. The Morgan fingerprint density at radius 2 is 2.00 bits per heavy atom. The van der Waals surface area contributed by atoms with Crippen molar-refractivity contribution in [1.29, 1.82) is 0 Å². The molecule has 0 radical (unpaired) electrons. The van der Waals surface area contributed by atoms with Crippen LogP contribution in [0.3, 0.4) is 0 Å². The Balaban J connectivity index is 2.63. The Kier molecular flexibility index (Phi) is 7.07. The molecular formula is C17H30N2. The third-order valence-corrected chi connectivity index (χ3v) is 4.59. The van der Waals surface area contributed by atoms with Gasteiger partial charge in [-0.1, -0.05) is 26.0 Å². The summed E-state index contributed by atoms with van der Waals surface area (Å²) in [5, 5.41) is 0. The molecule has 1 unspecified atom stereocenters. The van der Waals surface area contributed by atoms with E-state index in [9.17, 15) is 0 Å². The van der Waals surface area contributed by atoms with E-state index in [1.807, 2.05) is 6.92 Å². The van der Waals surface area contributed by atoms with Gasteiger partial charge >= 0.3 is 0 Å². The van der Waals surface area contributed by atoms with Crippen molar-refractivity contribution in [3.63, 3.8) is 0 Å². The molecule has 0 aromatic heterocycles. The standard InChI is InChI=1S/C17H30N2/c1-6-9-17(18-8-3)14(4)19(5)16-12-10-15(7-2)11-13-16/h6,8-9,14-16H,3,7,10-13H2,1-2,4-5H3/b9-6-,18-17?. The quantitative estimate of drug-likeness (QED) is 0.646. The van der Waals surface area contributed by atoms with Crippen molar-refractivity contribution in [3.8, 4) is 0 Å². The Hall–Kier alpha value is -0.890. The zero-order valence-corrected chi connectivity index (χ0v) is 13.1. The summed E-state index contributed by atoms with van der Waals surface area (Å²) in [6.45, 7) is 10.3. The summed E-state index contributed by atoms with van der Waals surface area (Å²) in [5.74, 6) is 0.955. The maximum atomic E-state index is 4.41. The second kappa shape index (κ2) is 8.31. The smallest absolute Gasteiger partial charge is 0.0569 e. The van der Waals surface area contributed by atoms with Crippen LogP contribution in [0.2, 0.25) is 0 Å². The van der Waals surface area contributed by atoms with Gasteiger partial charge in [-0.2, -0.15) is 0 Å². The number of hydrogen-bond donors (Lipinski definition) is 0. The van der Waals surface area contributed by atoms with Gasteiger partial charge in [0.05, 0.1) is 5.71 Å². The first-order valence-corrected chi connectivity index (χ1v) is 7.67. The highest BCUT2D eigenvalue weighted by Crippen LogP contribution is 2.29. The average Bonchev–Trinajstić information content (AvgIpc) is 2.45. The summed E-state index contributed by atoms with van der Waals surface area (Å²) < 4.78 is 0. The molecule has 1 aliphatic carbocycles. The van der Waals surface area contributed by atoms with Gasteiger partial charge in [-0.05, 0) is 58.6 Å². The van der Waals surface area contributed by atoms with Crippen molar-refractivity contribution in [2.45, 2.75) is 65.0 Å². The van der Waals surface area contributed by atoms with Crippen LogP contribution in [-0.4, -0.2) is 29.7 Å². The highest BCUT2D eigenvalue weighted by atomic mass is 15.2. The predicted octanol–water partition coefficient (Wildman–Crippen LogP) is 4.44. The number of rotatable bonds is 6. The summed E-state index contributed by atoms with van der Waals surface area (Å²) in [7, 11) is 2.24. The summed E-state index contributed by atoms with van der Waals surface area (Å²) in [6.07, 6.45) is 12.6. The lowest BCUT2D eigenvalue weighted by molar-refractivity contribution is 0.152. The average molecular weight is 262 g/mol. The van der Waals surface area contributed by atoms with Crippen LogP contribution in [0.4, 0.5) is 0 Å². The molecule has 108 valence electrons. The van der Waals surface area contributed by atoms with Crippen LogP contribution in [0.15, 0.2) is 29.9 Å². The number of allylic oxidation sites excluding steroid dienone is 1. The Labute approximate surface area is 119 Å². The van der Waals surface area contributed by atoms with Gasteiger partial charge in [-0.15, -0.1) is 0 Å². The van der Waals surface area contributed by atoms with Gasteiger partial charge in [-0.3, -0.25) is 9.89 Å². The number of hydrogen-bond acceptors (Lipinski definition) is 2. The molecule has 0 N–H and O–H groups in total. The fraction of sp³-hybridized carbons (Fsp3) is 0.706. The van der Waals surface area contributed by atoms with Crippen molar-refractivity contribution in [3.05, 3.63) is 24.9 Å². The van der Waals surface area contributed by atoms with E-state index in [0.717, 1.165) is 11.6 Å². The second-order valence-electron chi connectivity index (χ2n) is 5.66. The summed E-state index contributed by atoms with van der Waals surface area (Å²) >= 11 is 0. The summed E-state index contributed by atoms with van der Waals surface area (Å²) in [4.78, 5) is 6.91. The molecule has 0 aliphatic heterocycles. The van der Waals surface area contributed by atoms with Gasteiger partial charge in [0, 0.05) is 18.3 Å². The third-order valence-electron chi connectivity index (χ3n) is 4.59. The largest absolute Gasteiger partial charge is 0.295 e. The minimum absolute atomic E-state index is 0.359. The molecule has 1 fully saturated rings. The van der Waals surface area contributed by atoms with E-state index in [0.29, 0.717) is 12.1 Å². The molecule has 0 amide bonds. The molecular weight excluding hydrogens is 232 g/mol. The van der Waals surface area contributed by atoms with Gasteiger partial charge in [0.2, 0.25) is 0 Å². The van der Waals surface area contributed by atoms with E-state index in [1.165, 1.54) is 32.1 Å². The van der Waals surface area contributed by atoms with Gasteiger partial charge in [0.25, 0.3) is 0 Å². The zero-order chi connectivity index (χ0) is 14.3. The van der Waals surface area contributed by atoms with Crippen molar-refractivity contribution >= 4 is 5.71 Å². The predicted molar refractivity (Wildman–Crippen MR) is 85.7 cm³/mol. The van der Waals surface area contributed by atoms with Gasteiger partial charge in [0.1, 0.15) is 0 Å². The van der Waals surface area contributed by atoms with Crippen LogP contribution in [0.1, 0.15) is 52.9 Å². The molecule has 1 rings (SSSR count). The fourth-order valence-electron chi connectivity index (χ4n) is 3.05. The Morgan fingerprint density at radius 1 is 1.37 bits per heavy atom. The lowest BCUT2D eigenvalue weighted by atomic mass is 9.83. The normalized spacial score (nSPS) is 26.9. The van der Waals surface area contributed by atoms with E-state index in [2.05, 4.69) is 49.5 Å². The van der Waals surface area contributed by atoms with Crippen LogP contribution in [0.25, 0.3) is 0 Å². The molecule has 0 spiro atoms. The molecule has 2 heteroatoms. The molecule has 2 nitrogen and oxygen atoms in total. The molecule has 1 atom stereocenters. The molecule has 0 heterocycles. The van der Waals surface area contributed by atoms with E-state index >= 15 is 0 Å². The van der Waals surface area contributed by atoms with Crippen LogP contribution in [0.5, 0.6) is 0 Å². The number of aliphatic imine (C=N–C) groups is 1. The topological polar surface area (TPSA) is 15.6 Å². The summed E-state index contributed by atoms with van der Waals surface area (Å²) in [6, 6.07) is 1.07. The molecule has 1 saturated carbocycles. The molecule has 0 saturated heterocycles.